The van der Waals surface area contributed by atoms with Gasteiger partial charge in [0.15, 0.2) is 0 Å². The van der Waals surface area contributed by atoms with Crippen molar-refractivity contribution >= 4 is 51.2 Å². The first kappa shape index (κ1) is 24.0. The van der Waals surface area contributed by atoms with E-state index in [1.165, 1.54) is 0 Å². The summed E-state index contributed by atoms with van der Waals surface area (Å²) in [5.41, 5.74) is 7.13. The molecule has 0 aliphatic heterocycles. The summed E-state index contributed by atoms with van der Waals surface area (Å²) in [7, 11) is 0. The third kappa shape index (κ3) is 5.57. The monoisotopic (exact) mass is 492 g/mol. The van der Waals surface area contributed by atoms with Crippen LogP contribution in [-0.2, 0) is 0 Å². The predicted molar refractivity (Wildman–Crippen MR) is 156 cm³/mol. The van der Waals surface area contributed by atoms with Crippen LogP contribution in [0.1, 0.15) is 5.56 Å². The molecule has 0 atom stereocenters. The van der Waals surface area contributed by atoms with Crippen LogP contribution in [0.25, 0.3) is 4.85 Å². The average molecular weight is 493 g/mol. The van der Waals surface area contributed by atoms with E-state index in [1.807, 2.05) is 109 Å². The van der Waals surface area contributed by atoms with Crippen LogP contribution in [0.5, 0.6) is 0 Å². The van der Waals surface area contributed by atoms with Gasteiger partial charge >= 0.3 is 0 Å². The molecule has 0 aliphatic carbocycles. The molecule has 5 aromatic rings. The number of rotatable bonds is 8. The summed E-state index contributed by atoms with van der Waals surface area (Å²) in [5, 5.41) is 23.5. The van der Waals surface area contributed by atoms with E-state index in [9.17, 15) is 5.26 Å². The molecule has 5 aromatic carbocycles. The topological polar surface area (TPSA) is 76.3 Å². The molecule has 5 rings (SSSR count). The molecule has 6 nitrogen and oxygen atoms in total. The number of para-hydroxylation sites is 6. The van der Waals surface area contributed by atoms with Crippen LogP contribution >= 0.6 is 0 Å². The molecule has 6 heteroatoms. The smallest absolute Gasteiger partial charge is 0.212 e. The highest BCUT2D eigenvalue weighted by Crippen LogP contribution is 2.38. The second-order valence-electron chi connectivity index (χ2n) is 8.46. The second-order valence-corrected chi connectivity index (χ2v) is 8.46. The Balaban J connectivity index is 1.44. The summed E-state index contributed by atoms with van der Waals surface area (Å²) >= 11 is 0. The molecule has 182 valence electrons. The Morgan fingerprint density at radius 2 is 0.921 bits per heavy atom. The van der Waals surface area contributed by atoms with E-state index in [-0.39, 0.29) is 0 Å². The van der Waals surface area contributed by atoms with Gasteiger partial charge in [0.1, 0.15) is 6.07 Å². The van der Waals surface area contributed by atoms with Crippen LogP contribution < -0.4 is 21.3 Å². The van der Waals surface area contributed by atoms with E-state index in [0.29, 0.717) is 22.6 Å². The van der Waals surface area contributed by atoms with Crippen LogP contribution in [-0.4, -0.2) is 0 Å². The van der Waals surface area contributed by atoms with Crippen LogP contribution in [0.3, 0.4) is 0 Å². The molecule has 0 aliphatic rings. The highest BCUT2D eigenvalue weighted by molar-refractivity contribution is 5.88. The molecule has 0 fully saturated rings. The lowest BCUT2D eigenvalue weighted by atomic mass is 10.1. The number of nitrogens with zero attached hydrogens (tertiary/aromatic N) is 2. The van der Waals surface area contributed by atoms with Crippen LogP contribution in [0.4, 0.5) is 51.2 Å². The van der Waals surface area contributed by atoms with E-state index in [2.05, 4.69) is 32.2 Å². The van der Waals surface area contributed by atoms with Crippen molar-refractivity contribution in [3.63, 3.8) is 0 Å². The maximum atomic E-state index is 9.98. The Hall–Kier alpha value is -5.72. The quantitative estimate of drug-likeness (QED) is 0.163. The van der Waals surface area contributed by atoms with Gasteiger partial charge in [0.2, 0.25) is 5.69 Å². The SMILES string of the molecule is [C-]#[N+]c1cc(Nc2ccccc2Nc2ccccc2)c(C#N)cc1Nc1ccccc1Nc1ccccc1. The van der Waals surface area contributed by atoms with Crippen molar-refractivity contribution in [2.24, 2.45) is 0 Å². The summed E-state index contributed by atoms with van der Waals surface area (Å²) in [5.74, 6) is 0. The number of anilines is 8. The van der Waals surface area contributed by atoms with Crippen molar-refractivity contribution in [2.45, 2.75) is 0 Å². The zero-order chi connectivity index (χ0) is 26.2. The largest absolute Gasteiger partial charge is 0.363 e. The van der Waals surface area contributed by atoms with Crippen molar-refractivity contribution in [3.05, 3.63) is 138 Å². The fourth-order valence-corrected chi connectivity index (χ4v) is 4.02. The molecule has 0 aromatic heterocycles. The van der Waals surface area contributed by atoms with E-state index >= 15 is 0 Å². The van der Waals surface area contributed by atoms with Gasteiger partial charge in [-0.3, -0.25) is 0 Å². The predicted octanol–water partition coefficient (Wildman–Crippen LogP) is 9.08. The van der Waals surface area contributed by atoms with Gasteiger partial charge in [-0.2, -0.15) is 5.26 Å². The number of nitriles is 1. The molecule has 0 saturated heterocycles. The van der Waals surface area contributed by atoms with Gasteiger partial charge in [-0.05, 0) is 60.7 Å². The first-order chi connectivity index (χ1) is 18.7. The van der Waals surface area contributed by atoms with Gasteiger partial charge in [-0.15, -0.1) is 0 Å². The summed E-state index contributed by atoms with van der Waals surface area (Å²) in [6.07, 6.45) is 0. The van der Waals surface area contributed by atoms with Gasteiger partial charge in [-0.1, -0.05) is 60.7 Å². The fourth-order valence-electron chi connectivity index (χ4n) is 4.02. The molecule has 0 saturated carbocycles. The zero-order valence-corrected chi connectivity index (χ0v) is 20.4. The normalized spacial score (nSPS) is 10.1. The second kappa shape index (κ2) is 11.3. The van der Waals surface area contributed by atoms with Crippen molar-refractivity contribution in [1.29, 1.82) is 5.26 Å². The van der Waals surface area contributed by atoms with E-state index < -0.39 is 0 Å². The molecule has 0 bridgehead atoms. The molecule has 0 heterocycles. The molecule has 0 spiro atoms. The summed E-state index contributed by atoms with van der Waals surface area (Å²) < 4.78 is 0. The van der Waals surface area contributed by atoms with Gasteiger partial charge in [-0.25, -0.2) is 4.85 Å². The first-order valence-corrected chi connectivity index (χ1v) is 12.1. The number of hydrogen-bond donors (Lipinski definition) is 4. The lowest BCUT2D eigenvalue weighted by Gasteiger charge is -2.18. The van der Waals surface area contributed by atoms with Crippen molar-refractivity contribution in [1.82, 2.24) is 0 Å². The van der Waals surface area contributed by atoms with E-state index in [1.54, 1.807) is 12.1 Å². The Morgan fingerprint density at radius 3 is 1.37 bits per heavy atom. The maximum absolute atomic E-state index is 9.98. The minimum atomic E-state index is 0.398. The summed E-state index contributed by atoms with van der Waals surface area (Å²) in [6, 6.07) is 41.0. The van der Waals surface area contributed by atoms with Gasteiger partial charge in [0, 0.05) is 22.7 Å². The fraction of sp³-hybridized carbons (Fsp3) is 0. The molecule has 0 amide bonds. The highest BCUT2D eigenvalue weighted by atomic mass is 15.0. The Bertz CT molecular complexity index is 1510. The van der Waals surface area contributed by atoms with Crippen LogP contribution in [0, 0.1) is 17.9 Å². The first-order valence-electron chi connectivity index (χ1n) is 12.1. The average Bonchev–Trinajstić information content (AvgIpc) is 2.96. The zero-order valence-electron chi connectivity index (χ0n) is 20.4. The van der Waals surface area contributed by atoms with Gasteiger partial charge in [0.25, 0.3) is 0 Å². The number of nitrogens with one attached hydrogen (secondary N) is 4. The Kier molecular flexibility index (Phi) is 7.16. The van der Waals surface area contributed by atoms with E-state index in [4.69, 9.17) is 6.57 Å². The highest BCUT2D eigenvalue weighted by Gasteiger charge is 2.14. The third-order valence-corrected chi connectivity index (χ3v) is 5.88. The number of hydrogen-bond acceptors (Lipinski definition) is 5. The number of benzene rings is 5. The third-order valence-electron chi connectivity index (χ3n) is 5.88. The summed E-state index contributed by atoms with van der Waals surface area (Å²) in [4.78, 5) is 3.75. The molecule has 0 unspecified atom stereocenters. The molecule has 4 N–H and O–H groups in total. The van der Waals surface area contributed by atoms with Crippen molar-refractivity contribution in [3.8, 4) is 6.07 Å². The molecular weight excluding hydrogens is 468 g/mol. The van der Waals surface area contributed by atoms with Crippen molar-refractivity contribution < 1.29 is 0 Å². The minimum Gasteiger partial charge on any atom is -0.363 e. The molecular formula is C32H24N6. The van der Waals surface area contributed by atoms with Crippen molar-refractivity contribution in [2.75, 3.05) is 21.3 Å². The van der Waals surface area contributed by atoms with Gasteiger partial charge < -0.3 is 21.3 Å². The van der Waals surface area contributed by atoms with Crippen LogP contribution in [0.2, 0.25) is 0 Å². The summed E-state index contributed by atoms with van der Waals surface area (Å²) in [6.45, 7) is 7.82. The Morgan fingerprint density at radius 1 is 0.500 bits per heavy atom. The lowest BCUT2D eigenvalue weighted by Crippen LogP contribution is -2.01. The minimum absolute atomic E-state index is 0.398. The maximum Gasteiger partial charge on any atom is 0.212 e. The lowest BCUT2D eigenvalue weighted by molar-refractivity contribution is 1.44. The molecule has 38 heavy (non-hydrogen) atoms. The van der Waals surface area contributed by atoms with E-state index in [0.717, 1.165) is 34.1 Å². The van der Waals surface area contributed by atoms with Gasteiger partial charge in [0.05, 0.1) is 34.9 Å². The Labute approximate surface area is 222 Å². The standard InChI is InChI=1S/C32H24N6/c1-34-31-21-30(37-28-18-10-8-16-26(28)35-24-12-4-2-5-13-24)23(22-33)20-32(31)38-29-19-11-9-17-27(29)36-25-14-6-3-7-15-25/h2-21,35-38H. The molecule has 0 radical (unpaired) electrons. The van der Waals surface area contributed by atoms with Crippen LogP contribution in [0.15, 0.2) is 121 Å².